The maximum absolute atomic E-state index is 11.4. The summed E-state index contributed by atoms with van der Waals surface area (Å²) in [6.07, 6.45) is 2.52. The van der Waals surface area contributed by atoms with Crippen molar-refractivity contribution < 1.29 is 9.53 Å². The zero-order chi connectivity index (χ0) is 12.1. The van der Waals surface area contributed by atoms with Gasteiger partial charge in [-0.25, -0.2) is 4.79 Å². The van der Waals surface area contributed by atoms with Crippen LogP contribution in [0.5, 0.6) is 0 Å². The molecule has 1 aromatic carbocycles. The van der Waals surface area contributed by atoms with Gasteiger partial charge in [0.2, 0.25) is 0 Å². The minimum absolute atomic E-state index is 0.272. The fraction of sp³-hybridized carbons (Fsp3) is 0.462. The summed E-state index contributed by atoms with van der Waals surface area (Å²) in [6.45, 7) is 1.13. The highest BCUT2D eigenvalue weighted by Gasteiger charge is 2.14. The van der Waals surface area contributed by atoms with Gasteiger partial charge in [-0.1, -0.05) is 6.07 Å². The predicted molar refractivity (Wildman–Crippen MR) is 69.5 cm³/mol. The van der Waals surface area contributed by atoms with E-state index < -0.39 is 0 Å². The second kappa shape index (κ2) is 6.07. The molecule has 1 fully saturated rings. The summed E-state index contributed by atoms with van der Waals surface area (Å²) in [4.78, 5) is 12.5. The molecule has 3 nitrogen and oxygen atoms in total. The molecule has 1 N–H and O–H groups in total. The van der Waals surface area contributed by atoms with Gasteiger partial charge in [0, 0.05) is 16.7 Å². The van der Waals surface area contributed by atoms with Gasteiger partial charge in [-0.3, -0.25) is 0 Å². The van der Waals surface area contributed by atoms with Crippen LogP contribution in [0.3, 0.4) is 0 Å². The molecule has 0 bridgehead atoms. The van der Waals surface area contributed by atoms with E-state index in [1.807, 2.05) is 18.2 Å². The molecule has 0 saturated carbocycles. The first-order valence-electron chi connectivity index (χ1n) is 5.84. The van der Waals surface area contributed by atoms with Crippen molar-refractivity contribution in [1.82, 2.24) is 5.32 Å². The van der Waals surface area contributed by atoms with E-state index in [1.165, 1.54) is 20.0 Å². The van der Waals surface area contributed by atoms with Gasteiger partial charge in [-0.05, 0) is 37.6 Å². The van der Waals surface area contributed by atoms with Crippen LogP contribution in [0, 0.1) is 0 Å². The molecule has 0 spiro atoms. The van der Waals surface area contributed by atoms with E-state index in [4.69, 9.17) is 4.74 Å². The topological polar surface area (TPSA) is 38.3 Å². The summed E-state index contributed by atoms with van der Waals surface area (Å²) >= 11 is 1.79. The van der Waals surface area contributed by atoms with Crippen LogP contribution in [-0.2, 0) is 4.74 Å². The SMILES string of the molecule is COC(=O)c1cccc(SCC2CCCN2)c1. The molecule has 0 radical (unpaired) electrons. The third-order valence-electron chi connectivity index (χ3n) is 2.87. The van der Waals surface area contributed by atoms with Gasteiger partial charge in [0.1, 0.15) is 0 Å². The number of carbonyl (C=O) groups is 1. The van der Waals surface area contributed by atoms with Crippen molar-refractivity contribution in [3.63, 3.8) is 0 Å². The third-order valence-corrected chi connectivity index (χ3v) is 4.02. The molecule has 1 aliphatic rings. The zero-order valence-electron chi connectivity index (χ0n) is 9.94. The van der Waals surface area contributed by atoms with E-state index in [0.717, 1.165) is 17.2 Å². The first kappa shape index (κ1) is 12.5. The third kappa shape index (κ3) is 3.48. The normalized spacial score (nSPS) is 19.2. The van der Waals surface area contributed by atoms with E-state index in [-0.39, 0.29) is 5.97 Å². The summed E-state index contributed by atoms with van der Waals surface area (Å²) in [7, 11) is 1.41. The first-order chi connectivity index (χ1) is 8.29. The average molecular weight is 251 g/mol. The largest absolute Gasteiger partial charge is 0.465 e. The Hall–Kier alpha value is -1.00. The Labute approximate surface area is 106 Å². The van der Waals surface area contributed by atoms with Crippen LogP contribution in [-0.4, -0.2) is 31.4 Å². The molecule has 1 heterocycles. The number of ether oxygens (including phenoxy) is 1. The van der Waals surface area contributed by atoms with Crippen molar-refractivity contribution in [3.05, 3.63) is 29.8 Å². The molecule has 0 aromatic heterocycles. The summed E-state index contributed by atoms with van der Waals surface area (Å²) in [6, 6.07) is 8.22. The van der Waals surface area contributed by atoms with E-state index in [0.29, 0.717) is 11.6 Å². The highest BCUT2D eigenvalue weighted by atomic mass is 32.2. The highest BCUT2D eigenvalue weighted by molar-refractivity contribution is 7.99. The molecule has 0 aliphatic carbocycles. The molecule has 1 atom stereocenters. The lowest BCUT2D eigenvalue weighted by Crippen LogP contribution is -2.23. The zero-order valence-corrected chi connectivity index (χ0v) is 10.8. The van der Waals surface area contributed by atoms with Crippen LogP contribution in [0.1, 0.15) is 23.2 Å². The number of methoxy groups -OCH3 is 1. The molecule has 1 aromatic rings. The smallest absolute Gasteiger partial charge is 0.337 e. The van der Waals surface area contributed by atoms with E-state index in [1.54, 1.807) is 17.8 Å². The number of rotatable bonds is 4. The van der Waals surface area contributed by atoms with E-state index in [2.05, 4.69) is 5.32 Å². The van der Waals surface area contributed by atoms with Crippen LogP contribution in [0.2, 0.25) is 0 Å². The van der Waals surface area contributed by atoms with Crippen LogP contribution < -0.4 is 5.32 Å². The Morgan fingerprint density at radius 1 is 1.59 bits per heavy atom. The number of hydrogen-bond donors (Lipinski definition) is 1. The number of benzene rings is 1. The molecule has 1 saturated heterocycles. The van der Waals surface area contributed by atoms with Crippen molar-refractivity contribution in [3.8, 4) is 0 Å². The number of thioether (sulfide) groups is 1. The van der Waals surface area contributed by atoms with Gasteiger partial charge in [0.25, 0.3) is 0 Å². The van der Waals surface area contributed by atoms with Crippen molar-refractivity contribution in [2.24, 2.45) is 0 Å². The number of nitrogens with one attached hydrogen (secondary N) is 1. The van der Waals surface area contributed by atoms with Gasteiger partial charge in [0.15, 0.2) is 0 Å². The molecule has 17 heavy (non-hydrogen) atoms. The van der Waals surface area contributed by atoms with Crippen molar-refractivity contribution >= 4 is 17.7 Å². The molecule has 92 valence electrons. The fourth-order valence-corrected chi connectivity index (χ4v) is 2.99. The van der Waals surface area contributed by atoms with Gasteiger partial charge in [-0.2, -0.15) is 0 Å². The number of esters is 1. The lowest BCUT2D eigenvalue weighted by molar-refractivity contribution is 0.0600. The van der Waals surface area contributed by atoms with Gasteiger partial charge in [0.05, 0.1) is 12.7 Å². The Morgan fingerprint density at radius 3 is 3.18 bits per heavy atom. The predicted octanol–water partition coefficient (Wildman–Crippen LogP) is 2.32. The molecule has 0 amide bonds. The average Bonchev–Trinajstić information content (AvgIpc) is 2.89. The lowest BCUT2D eigenvalue weighted by Gasteiger charge is -2.09. The molecular weight excluding hydrogens is 234 g/mol. The summed E-state index contributed by atoms with van der Waals surface area (Å²) in [5, 5.41) is 3.46. The van der Waals surface area contributed by atoms with Crippen LogP contribution in [0.15, 0.2) is 29.2 Å². The Bertz CT molecular complexity index is 389. The summed E-state index contributed by atoms with van der Waals surface area (Å²) in [5.74, 6) is 0.788. The highest BCUT2D eigenvalue weighted by Crippen LogP contribution is 2.22. The van der Waals surface area contributed by atoms with E-state index >= 15 is 0 Å². The van der Waals surface area contributed by atoms with Crippen molar-refractivity contribution in [1.29, 1.82) is 0 Å². The van der Waals surface area contributed by atoms with Gasteiger partial charge < -0.3 is 10.1 Å². The van der Waals surface area contributed by atoms with Crippen LogP contribution in [0.4, 0.5) is 0 Å². The number of hydrogen-bond acceptors (Lipinski definition) is 4. The monoisotopic (exact) mass is 251 g/mol. The fourth-order valence-electron chi connectivity index (χ4n) is 1.93. The molecule has 2 rings (SSSR count). The molecule has 1 unspecified atom stereocenters. The van der Waals surface area contributed by atoms with Crippen LogP contribution in [0.25, 0.3) is 0 Å². The Balaban J connectivity index is 1.93. The molecule has 1 aliphatic heterocycles. The van der Waals surface area contributed by atoms with Crippen molar-refractivity contribution in [2.45, 2.75) is 23.8 Å². The minimum atomic E-state index is -0.272. The minimum Gasteiger partial charge on any atom is -0.465 e. The maximum Gasteiger partial charge on any atom is 0.337 e. The Kier molecular flexibility index (Phi) is 4.45. The van der Waals surface area contributed by atoms with E-state index in [9.17, 15) is 4.79 Å². The van der Waals surface area contributed by atoms with Gasteiger partial charge in [-0.15, -0.1) is 11.8 Å². The van der Waals surface area contributed by atoms with Crippen LogP contribution >= 0.6 is 11.8 Å². The summed E-state index contributed by atoms with van der Waals surface area (Å²) in [5.41, 5.74) is 0.622. The standard InChI is InChI=1S/C13H17NO2S/c1-16-13(15)10-4-2-6-12(8-10)17-9-11-5-3-7-14-11/h2,4,6,8,11,14H,3,5,7,9H2,1H3. The quantitative estimate of drug-likeness (QED) is 0.658. The Morgan fingerprint density at radius 2 is 2.47 bits per heavy atom. The maximum atomic E-state index is 11.4. The first-order valence-corrected chi connectivity index (χ1v) is 6.82. The van der Waals surface area contributed by atoms with Gasteiger partial charge >= 0.3 is 5.97 Å². The second-order valence-electron chi connectivity index (χ2n) is 4.12. The number of carbonyl (C=O) groups excluding carboxylic acids is 1. The summed E-state index contributed by atoms with van der Waals surface area (Å²) < 4.78 is 4.71. The lowest BCUT2D eigenvalue weighted by atomic mass is 10.2. The molecular formula is C13H17NO2S. The second-order valence-corrected chi connectivity index (χ2v) is 5.22. The molecule has 4 heteroatoms. The van der Waals surface area contributed by atoms with Crippen molar-refractivity contribution in [2.75, 3.05) is 19.4 Å².